The van der Waals surface area contributed by atoms with Gasteiger partial charge in [0.05, 0.1) is 12.7 Å². The van der Waals surface area contributed by atoms with Crippen molar-refractivity contribution in [3.05, 3.63) is 70.8 Å². The summed E-state index contributed by atoms with van der Waals surface area (Å²) >= 11 is 0. The molecule has 0 N–H and O–H groups in total. The van der Waals surface area contributed by atoms with Gasteiger partial charge in [-0.2, -0.15) is 0 Å². The van der Waals surface area contributed by atoms with Gasteiger partial charge in [0, 0.05) is 12.6 Å². The average Bonchev–Trinajstić information content (AvgIpc) is 2.61. The Morgan fingerprint density at radius 3 is 2.65 bits per heavy atom. The fourth-order valence-corrected chi connectivity index (χ4v) is 3.45. The van der Waals surface area contributed by atoms with Gasteiger partial charge in [0.25, 0.3) is 0 Å². The van der Waals surface area contributed by atoms with Crippen molar-refractivity contribution in [2.75, 3.05) is 14.2 Å². The Labute approximate surface area is 137 Å². The molecule has 0 saturated heterocycles. The SMILES string of the molecule is COC(=O)c1ccc(CN(C)[C@@H]2CCCc3ccccc32)cc1. The van der Waals surface area contributed by atoms with Gasteiger partial charge < -0.3 is 4.74 Å². The third-order valence-electron chi connectivity index (χ3n) is 4.68. The van der Waals surface area contributed by atoms with Crippen LogP contribution in [-0.4, -0.2) is 25.0 Å². The fourth-order valence-electron chi connectivity index (χ4n) is 3.45. The molecule has 3 heteroatoms. The molecule has 0 aromatic heterocycles. The number of methoxy groups -OCH3 is 1. The van der Waals surface area contributed by atoms with Gasteiger partial charge >= 0.3 is 5.97 Å². The van der Waals surface area contributed by atoms with Crippen LogP contribution in [-0.2, 0) is 17.7 Å². The van der Waals surface area contributed by atoms with Crippen LogP contribution in [0, 0.1) is 0 Å². The van der Waals surface area contributed by atoms with Crippen LogP contribution in [0.3, 0.4) is 0 Å². The van der Waals surface area contributed by atoms with Gasteiger partial charge in [0.2, 0.25) is 0 Å². The summed E-state index contributed by atoms with van der Waals surface area (Å²) in [5.74, 6) is -0.286. The zero-order valence-electron chi connectivity index (χ0n) is 13.8. The third-order valence-corrected chi connectivity index (χ3v) is 4.68. The van der Waals surface area contributed by atoms with Gasteiger partial charge in [-0.25, -0.2) is 4.79 Å². The van der Waals surface area contributed by atoms with Crippen molar-refractivity contribution < 1.29 is 9.53 Å². The van der Waals surface area contributed by atoms with Crippen LogP contribution in [0.15, 0.2) is 48.5 Å². The molecule has 2 aromatic rings. The lowest BCUT2D eigenvalue weighted by Gasteiger charge is -2.33. The number of carbonyl (C=O) groups is 1. The Morgan fingerprint density at radius 2 is 1.91 bits per heavy atom. The monoisotopic (exact) mass is 309 g/mol. The van der Waals surface area contributed by atoms with E-state index >= 15 is 0 Å². The molecule has 120 valence electrons. The van der Waals surface area contributed by atoms with Crippen molar-refractivity contribution in [3.8, 4) is 0 Å². The van der Waals surface area contributed by atoms with Crippen molar-refractivity contribution in [2.24, 2.45) is 0 Å². The van der Waals surface area contributed by atoms with Crippen LogP contribution in [0.25, 0.3) is 0 Å². The molecule has 3 rings (SSSR count). The molecule has 0 bridgehead atoms. The van der Waals surface area contributed by atoms with E-state index in [0.29, 0.717) is 11.6 Å². The fraction of sp³-hybridized carbons (Fsp3) is 0.350. The zero-order valence-corrected chi connectivity index (χ0v) is 13.8. The van der Waals surface area contributed by atoms with Crippen LogP contribution >= 0.6 is 0 Å². The first-order valence-corrected chi connectivity index (χ1v) is 8.14. The summed E-state index contributed by atoms with van der Waals surface area (Å²) in [5, 5.41) is 0. The van der Waals surface area contributed by atoms with Crippen molar-refractivity contribution in [1.82, 2.24) is 4.90 Å². The van der Waals surface area contributed by atoms with E-state index in [1.165, 1.54) is 43.1 Å². The molecule has 0 aliphatic heterocycles. The van der Waals surface area contributed by atoms with E-state index in [9.17, 15) is 4.79 Å². The molecule has 0 unspecified atom stereocenters. The molecule has 0 spiro atoms. The minimum absolute atomic E-state index is 0.286. The highest BCUT2D eigenvalue weighted by Gasteiger charge is 2.23. The van der Waals surface area contributed by atoms with Gasteiger partial charge in [-0.1, -0.05) is 36.4 Å². The van der Waals surface area contributed by atoms with Crippen molar-refractivity contribution in [1.29, 1.82) is 0 Å². The highest BCUT2D eigenvalue weighted by Crippen LogP contribution is 2.34. The van der Waals surface area contributed by atoms with Gasteiger partial charge in [0.15, 0.2) is 0 Å². The molecule has 1 aliphatic carbocycles. The number of ether oxygens (including phenoxy) is 1. The predicted molar refractivity (Wildman–Crippen MR) is 91.4 cm³/mol. The maximum absolute atomic E-state index is 11.5. The Kier molecular flexibility index (Phi) is 4.77. The Hall–Kier alpha value is -2.13. The van der Waals surface area contributed by atoms with E-state index < -0.39 is 0 Å². The van der Waals surface area contributed by atoms with Crippen LogP contribution < -0.4 is 0 Å². The highest BCUT2D eigenvalue weighted by molar-refractivity contribution is 5.89. The normalized spacial score (nSPS) is 16.9. The lowest BCUT2D eigenvalue weighted by Crippen LogP contribution is -2.27. The number of aryl methyl sites for hydroxylation is 1. The van der Waals surface area contributed by atoms with Gasteiger partial charge in [-0.15, -0.1) is 0 Å². The topological polar surface area (TPSA) is 29.5 Å². The second-order valence-electron chi connectivity index (χ2n) is 6.21. The summed E-state index contributed by atoms with van der Waals surface area (Å²) in [7, 11) is 3.59. The summed E-state index contributed by atoms with van der Waals surface area (Å²) in [6.45, 7) is 0.875. The molecule has 0 saturated carbocycles. The van der Waals surface area contributed by atoms with Crippen molar-refractivity contribution in [2.45, 2.75) is 31.8 Å². The maximum atomic E-state index is 11.5. The molecule has 2 aromatic carbocycles. The summed E-state index contributed by atoms with van der Waals surface area (Å²) in [4.78, 5) is 13.9. The highest BCUT2D eigenvalue weighted by atomic mass is 16.5. The molecular formula is C20H23NO2. The molecule has 1 atom stereocenters. The first-order chi connectivity index (χ1) is 11.2. The van der Waals surface area contributed by atoms with Gasteiger partial charge in [-0.05, 0) is 55.1 Å². The minimum atomic E-state index is -0.286. The number of benzene rings is 2. The zero-order chi connectivity index (χ0) is 16.2. The second-order valence-corrected chi connectivity index (χ2v) is 6.21. The van der Waals surface area contributed by atoms with E-state index in [2.05, 4.69) is 36.2 Å². The molecule has 3 nitrogen and oxygen atoms in total. The lowest BCUT2D eigenvalue weighted by atomic mass is 9.87. The number of carbonyl (C=O) groups excluding carboxylic acids is 1. The summed E-state index contributed by atoms with van der Waals surface area (Å²) in [5.41, 5.74) is 4.76. The van der Waals surface area contributed by atoms with Gasteiger partial charge in [-0.3, -0.25) is 4.90 Å². The lowest BCUT2D eigenvalue weighted by molar-refractivity contribution is 0.0600. The standard InChI is InChI=1S/C20H23NO2/c1-21(14-15-10-12-17(13-11-15)20(22)23-2)19-9-5-7-16-6-3-4-8-18(16)19/h3-4,6,8,10-13,19H,5,7,9,14H2,1-2H3/t19-/m1/s1. The van der Waals surface area contributed by atoms with E-state index in [0.717, 1.165) is 6.54 Å². The summed E-state index contributed by atoms with van der Waals surface area (Å²) in [6, 6.07) is 16.9. The maximum Gasteiger partial charge on any atom is 0.337 e. The molecule has 1 aliphatic rings. The van der Waals surface area contributed by atoms with E-state index in [1.54, 1.807) is 0 Å². The summed E-state index contributed by atoms with van der Waals surface area (Å²) < 4.78 is 4.74. The van der Waals surface area contributed by atoms with Crippen molar-refractivity contribution >= 4 is 5.97 Å². The minimum Gasteiger partial charge on any atom is -0.465 e. The molecule has 23 heavy (non-hydrogen) atoms. The second kappa shape index (κ2) is 6.97. The number of hydrogen-bond donors (Lipinski definition) is 0. The number of fused-ring (bicyclic) bond motifs is 1. The largest absolute Gasteiger partial charge is 0.465 e. The molecule has 0 radical (unpaired) electrons. The van der Waals surface area contributed by atoms with E-state index in [4.69, 9.17) is 4.74 Å². The average molecular weight is 309 g/mol. The Morgan fingerprint density at radius 1 is 1.17 bits per heavy atom. The van der Waals surface area contributed by atoms with Crippen LogP contribution in [0.5, 0.6) is 0 Å². The smallest absolute Gasteiger partial charge is 0.337 e. The van der Waals surface area contributed by atoms with Crippen LogP contribution in [0.1, 0.15) is 45.9 Å². The first kappa shape index (κ1) is 15.8. The number of nitrogens with zero attached hydrogens (tertiary/aromatic N) is 1. The predicted octanol–water partition coefficient (Wildman–Crippen LogP) is 3.98. The van der Waals surface area contributed by atoms with E-state index in [-0.39, 0.29) is 5.97 Å². The number of hydrogen-bond acceptors (Lipinski definition) is 3. The van der Waals surface area contributed by atoms with E-state index in [1.807, 2.05) is 24.3 Å². The number of rotatable bonds is 4. The van der Waals surface area contributed by atoms with Crippen molar-refractivity contribution in [3.63, 3.8) is 0 Å². The molecule has 0 heterocycles. The Bertz CT molecular complexity index is 678. The summed E-state index contributed by atoms with van der Waals surface area (Å²) in [6.07, 6.45) is 3.63. The third kappa shape index (κ3) is 3.45. The molecule has 0 fully saturated rings. The van der Waals surface area contributed by atoms with Gasteiger partial charge in [0.1, 0.15) is 0 Å². The first-order valence-electron chi connectivity index (χ1n) is 8.14. The quantitative estimate of drug-likeness (QED) is 0.800. The van der Waals surface area contributed by atoms with Crippen LogP contribution in [0.4, 0.5) is 0 Å². The Balaban J connectivity index is 1.72. The molecule has 0 amide bonds. The molecular weight excluding hydrogens is 286 g/mol. The number of esters is 1. The van der Waals surface area contributed by atoms with Crippen LogP contribution in [0.2, 0.25) is 0 Å².